The van der Waals surface area contributed by atoms with E-state index in [2.05, 4.69) is 18.7 Å². The summed E-state index contributed by atoms with van der Waals surface area (Å²) in [4.78, 5) is 12.1. The second-order valence-electron chi connectivity index (χ2n) is 7.02. The van der Waals surface area contributed by atoms with Crippen LogP contribution in [0.1, 0.15) is 39.9 Å². The van der Waals surface area contributed by atoms with Gasteiger partial charge in [-0.1, -0.05) is 55.1 Å². The molecule has 0 unspecified atom stereocenters. The summed E-state index contributed by atoms with van der Waals surface area (Å²) in [5.41, 5.74) is 3.77. The van der Waals surface area contributed by atoms with E-state index in [1.807, 2.05) is 42.5 Å². The van der Waals surface area contributed by atoms with Crippen molar-refractivity contribution < 1.29 is 13.9 Å². The highest BCUT2D eigenvalue weighted by atomic mass is 19.1. The SMILES string of the molecule is C=Cc1ccc(OCCCCc2ccc(/C=C/C(=O)c3ccc(F)cc3)cc2)cc1. The third-order valence-electron chi connectivity index (χ3n) is 4.78. The summed E-state index contributed by atoms with van der Waals surface area (Å²) in [5, 5.41) is 0. The van der Waals surface area contributed by atoms with E-state index < -0.39 is 0 Å². The number of hydrogen-bond donors (Lipinski definition) is 0. The maximum atomic E-state index is 12.9. The van der Waals surface area contributed by atoms with Gasteiger partial charge in [-0.05, 0) is 78.4 Å². The average Bonchev–Trinajstić information content (AvgIpc) is 2.79. The lowest BCUT2D eigenvalue weighted by Crippen LogP contribution is -1.98. The predicted molar refractivity (Wildman–Crippen MR) is 121 cm³/mol. The second-order valence-corrected chi connectivity index (χ2v) is 7.02. The number of benzene rings is 3. The zero-order valence-electron chi connectivity index (χ0n) is 16.9. The van der Waals surface area contributed by atoms with E-state index in [1.165, 1.54) is 35.9 Å². The summed E-state index contributed by atoms with van der Waals surface area (Å²) in [6.07, 6.45) is 8.12. The summed E-state index contributed by atoms with van der Waals surface area (Å²) < 4.78 is 18.7. The first-order valence-electron chi connectivity index (χ1n) is 10.1. The molecule has 0 saturated carbocycles. The molecule has 3 aromatic carbocycles. The molecule has 0 aromatic heterocycles. The lowest BCUT2D eigenvalue weighted by atomic mass is 10.0. The van der Waals surface area contributed by atoms with Crippen LogP contribution in [0, 0.1) is 5.82 Å². The number of ether oxygens (including phenoxy) is 1. The molecule has 30 heavy (non-hydrogen) atoms. The van der Waals surface area contributed by atoms with Gasteiger partial charge in [0.25, 0.3) is 0 Å². The van der Waals surface area contributed by atoms with Crippen molar-refractivity contribution in [1.82, 2.24) is 0 Å². The van der Waals surface area contributed by atoms with Gasteiger partial charge in [0.1, 0.15) is 11.6 Å². The fourth-order valence-corrected chi connectivity index (χ4v) is 3.00. The highest BCUT2D eigenvalue weighted by Gasteiger charge is 2.02. The van der Waals surface area contributed by atoms with Gasteiger partial charge >= 0.3 is 0 Å². The maximum absolute atomic E-state index is 12.9. The molecule has 0 spiro atoms. The van der Waals surface area contributed by atoms with Crippen LogP contribution < -0.4 is 4.74 Å². The number of carbonyl (C=O) groups is 1. The van der Waals surface area contributed by atoms with Gasteiger partial charge in [0.05, 0.1) is 6.61 Å². The van der Waals surface area contributed by atoms with Crippen LogP contribution in [0.5, 0.6) is 5.75 Å². The molecule has 0 aliphatic rings. The summed E-state index contributed by atoms with van der Waals surface area (Å²) in [6.45, 7) is 4.44. The Bertz CT molecular complexity index is 985. The number of halogens is 1. The molecule has 152 valence electrons. The van der Waals surface area contributed by atoms with E-state index in [0.29, 0.717) is 12.2 Å². The Morgan fingerprint density at radius 3 is 2.20 bits per heavy atom. The third kappa shape index (κ3) is 6.56. The Kier molecular flexibility index (Phi) is 7.73. The Balaban J connectivity index is 1.40. The van der Waals surface area contributed by atoms with E-state index in [1.54, 1.807) is 6.08 Å². The van der Waals surface area contributed by atoms with Crippen LogP contribution in [0.15, 0.2) is 85.5 Å². The average molecular weight is 400 g/mol. The number of unbranched alkanes of at least 4 members (excludes halogenated alkanes) is 1. The largest absolute Gasteiger partial charge is 0.494 e. The van der Waals surface area contributed by atoms with E-state index in [-0.39, 0.29) is 11.6 Å². The number of ketones is 1. The van der Waals surface area contributed by atoms with E-state index in [9.17, 15) is 9.18 Å². The first-order valence-corrected chi connectivity index (χ1v) is 10.1. The van der Waals surface area contributed by atoms with Crippen molar-refractivity contribution in [2.75, 3.05) is 6.61 Å². The van der Waals surface area contributed by atoms with Gasteiger partial charge in [0.15, 0.2) is 5.78 Å². The molecule has 3 rings (SSSR count). The molecule has 3 heteroatoms. The van der Waals surface area contributed by atoms with Gasteiger partial charge in [-0.25, -0.2) is 4.39 Å². The second kappa shape index (κ2) is 10.9. The van der Waals surface area contributed by atoms with E-state index in [4.69, 9.17) is 4.74 Å². The van der Waals surface area contributed by atoms with Crippen LogP contribution in [0.25, 0.3) is 12.2 Å². The van der Waals surface area contributed by atoms with Gasteiger partial charge in [0.2, 0.25) is 0 Å². The predicted octanol–water partition coefficient (Wildman–Crippen LogP) is 6.77. The Hall–Kier alpha value is -3.46. The van der Waals surface area contributed by atoms with Gasteiger partial charge in [-0.3, -0.25) is 4.79 Å². The molecular weight excluding hydrogens is 375 g/mol. The lowest BCUT2D eigenvalue weighted by Gasteiger charge is -2.07. The van der Waals surface area contributed by atoms with Crippen molar-refractivity contribution in [3.8, 4) is 5.75 Å². The molecule has 0 heterocycles. The summed E-state index contributed by atoms with van der Waals surface area (Å²) in [7, 11) is 0. The van der Waals surface area contributed by atoms with Crippen LogP contribution in [0.3, 0.4) is 0 Å². The summed E-state index contributed by atoms with van der Waals surface area (Å²) >= 11 is 0. The van der Waals surface area contributed by atoms with Crippen molar-refractivity contribution in [2.45, 2.75) is 19.3 Å². The smallest absolute Gasteiger partial charge is 0.185 e. The van der Waals surface area contributed by atoms with Crippen LogP contribution in [-0.2, 0) is 6.42 Å². The number of rotatable bonds is 10. The summed E-state index contributed by atoms with van der Waals surface area (Å²) in [5.74, 6) is 0.394. The minimum atomic E-state index is -0.347. The van der Waals surface area contributed by atoms with Crippen molar-refractivity contribution in [2.24, 2.45) is 0 Å². The highest BCUT2D eigenvalue weighted by Crippen LogP contribution is 2.14. The van der Waals surface area contributed by atoms with Crippen molar-refractivity contribution >= 4 is 17.9 Å². The number of allylic oxidation sites excluding steroid dienone is 1. The van der Waals surface area contributed by atoms with E-state index >= 15 is 0 Å². The molecular formula is C27H25FO2. The van der Waals surface area contributed by atoms with Gasteiger partial charge in [0, 0.05) is 5.56 Å². The van der Waals surface area contributed by atoms with Gasteiger partial charge in [-0.2, -0.15) is 0 Å². The van der Waals surface area contributed by atoms with Gasteiger partial charge in [-0.15, -0.1) is 0 Å². The molecule has 0 fully saturated rings. The highest BCUT2D eigenvalue weighted by molar-refractivity contribution is 6.06. The molecule has 0 aliphatic heterocycles. The first kappa shape index (κ1) is 21.3. The lowest BCUT2D eigenvalue weighted by molar-refractivity contribution is 0.104. The van der Waals surface area contributed by atoms with Crippen molar-refractivity contribution in [1.29, 1.82) is 0 Å². The molecule has 2 nitrogen and oxygen atoms in total. The Morgan fingerprint density at radius 1 is 0.867 bits per heavy atom. The molecule has 3 aromatic rings. The zero-order valence-corrected chi connectivity index (χ0v) is 16.9. The van der Waals surface area contributed by atoms with Crippen LogP contribution >= 0.6 is 0 Å². The minimum Gasteiger partial charge on any atom is -0.494 e. The monoisotopic (exact) mass is 400 g/mol. The Morgan fingerprint density at radius 2 is 1.53 bits per heavy atom. The van der Waals surface area contributed by atoms with Crippen LogP contribution in [0.2, 0.25) is 0 Å². The van der Waals surface area contributed by atoms with Gasteiger partial charge < -0.3 is 4.74 Å². The minimum absolute atomic E-state index is 0.141. The topological polar surface area (TPSA) is 26.3 Å². The maximum Gasteiger partial charge on any atom is 0.185 e. The molecule has 0 bridgehead atoms. The molecule has 0 saturated heterocycles. The normalized spacial score (nSPS) is 10.8. The first-order chi connectivity index (χ1) is 14.6. The van der Waals surface area contributed by atoms with Crippen molar-refractivity contribution in [3.05, 3.63) is 114 Å². The molecule has 0 amide bonds. The molecule has 0 atom stereocenters. The quantitative estimate of drug-likeness (QED) is 0.213. The standard InChI is InChI=1S/C27H25FO2/c1-2-21-10-17-26(18-11-21)30-20-4-3-5-22-6-8-23(9-7-22)12-19-27(29)24-13-15-25(28)16-14-24/h2,6-19H,1,3-5,20H2/b19-12+. The summed E-state index contributed by atoms with van der Waals surface area (Å²) in [6, 6.07) is 21.6. The van der Waals surface area contributed by atoms with Crippen LogP contribution in [-0.4, -0.2) is 12.4 Å². The molecule has 0 N–H and O–H groups in total. The molecule has 0 aliphatic carbocycles. The van der Waals surface area contributed by atoms with Crippen LogP contribution in [0.4, 0.5) is 4.39 Å². The fourth-order valence-electron chi connectivity index (χ4n) is 3.00. The Labute approximate surface area is 177 Å². The number of aryl methyl sites for hydroxylation is 1. The zero-order chi connectivity index (χ0) is 21.2. The third-order valence-corrected chi connectivity index (χ3v) is 4.78. The number of hydrogen-bond acceptors (Lipinski definition) is 2. The molecule has 0 radical (unpaired) electrons. The van der Waals surface area contributed by atoms with E-state index in [0.717, 1.165) is 36.1 Å². The fraction of sp³-hybridized carbons (Fsp3) is 0.148. The number of carbonyl (C=O) groups excluding carboxylic acids is 1. The van der Waals surface area contributed by atoms with Crippen molar-refractivity contribution in [3.63, 3.8) is 0 Å².